The van der Waals surface area contributed by atoms with E-state index in [0.29, 0.717) is 12.4 Å². The Morgan fingerprint density at radius 2 is 2.07 bits per heavy atom. The van der Waals surface area contributed by atoms with Crippen molar-refractivity contribution < 1.29 is 14.3 Å². The molecule has 1 heterocycles. The number of esters is 1. The molecule has 0 radical (unpaired) electrons. The third-order valence-electron chi connectivity index (χ3n) is 2.17. The Kier molecular flexibility index (Phi) is 2.72. The van der Waals surface area contributed by atoms with Crippen molar-refractivity contribution in [1.29, 1.82) is 0 Å². The Hall–Kier alpha value is -1.77. The molecule has 15 heavy (non-hydrogen) atoms. The van der Waals surface area contributed by atoms with Crippen LogP contribution in [-0.2, 0) is 14.3 Å². The lowest BCUT2D eigenvalue weighted by Crippen LogP contribution is -2.05. The summed E-state index contributed by atoms with van der Waals surface area (Å²) in [5.41, 5.74) is 0.933. The van der Waals surface area contributed by atoms with Gasteiger partial charge in [0, 0.05) is 5.56 Å². The van der Waals surface area contributed by atoms with Gasteiger partial charge in [0.1, 0.15) is 5.76 Å². The molecule has 3 heteroatoms. The molecule has 1 atom stereocenters. The zero-order chi connectivity index (χ0) is 10.7. The maximum absolute atomic E-state index is 11.1. The van der Waals surface area contributed by atoms with Crippen LogP contribution in [0.1, 0.15) is 18.6 Å². The molecular formula is C12H12O3. The van der Waals surface area contributed by atoms with Gasteiger partial charge in [0.2, 0.25) is 0 Å². The molecule has 1 aliphatic heterocycles. The average molecular weight is 204 g/mol. The highest BCUT2D eigenvalue weighted by molar-refractivity contribution is 5.85. The number of carbonyl (C=O) groups excluding carboxylic acids is 1. The second-order valence-electron chi connectivity index (χ2n) is 3.21. The average Bonchev–Trinajstić information content (AvgIpc) is 2.62. The summed E-state index contributed by atoms with van der Waals surface area (Å²) < 4.78 is 10.5. The zero-order valence-corrected chi connectivity index (χ0v) is 8.47. The predicted molar refractivity (Wildman–Crippen MR) is 55.0 cm³/mol. The molecule has 0 amide bonds. The van der Waals surface area contributed by atoms with E-state index in [1.165, 1.54) is 6.08 Å². The van der Waals surface area contributed by atoms with Crippen LogP contribution in [0.4, 0.5) is 0 Å². The van der Waals surface area contributed by atoms with Gasteiger partial charge >= 0.3 is 5.97 Å². The molecule has 0 aliphatic carbocycles. The van der Waals surface area contributed by atoms with Crippen molar-refractivity contribution in [1.82, 2.24) is 0 Å². The second-order valence-corrected chi connectivity index (χ2v) is 3.21. The van der Waals surface area contributed by atoms with Gasteiger partial charge in [0.05, 0.1) is 12.7 Å². The van der Waals surface area contributed by atoms with Crippen LogP contribution in [-0.4, -0.2) is 12.6 Å². The van der Waals surface area contributed by atoms with Crippen LogP contribution >= 0.6 is 0 Å². The molecule has 3 nitrogen and oxygen atoms in total. The van der Waals surface area contributed by atoms with Crippen LogP contribution in [0.2, 0.25) is 0 Å². The van der Waals surface area contributed by atoms with Gasteiger partial charge in [-0.2, -0.15) is 0 Å². The van der Waals surface area contributed by atoms with Gasteiger partial charge in [-0.1, -0.05) is 30.3 Å². The Morgan fingerprint density at radius 3 is 2.73 bits per heavy atom. The lowest BCUT2D eigenvalue weighted by atomic mass is 10.1. The lowest BCUT2D eigenvalue weighted by molar-refractivity contribution is -0.139. The summed E-state index contributed by atoms with van der Waals surface area (Å²) in [5.74, 6) is 0.251. The van der Waals surface area contributed by atoms with Crippen molar-refractivity contribution >= 4 is 5.97 Å². The van der Waals surface area contributed by atoms with E-state index in [1.807, 2.05) is 37.3 Å². The molecule has 0 unspecified atom stereocenters. The van der Waals surface area contributed by atoms with Gasteiger partial charge in [0.25, 0.3) is 0 Å². The van der Waals surface area contributed by atoms with E-state index in [1.54, 1.807) is 0 Å². The third kappa shape index (κ3) is 2.01. The van der Waals surface area contributed by atoms with Crippen LogP contribution in [0.25, 0.3) is 0 Å². The molecular weight excluding hydrogens is 192 g/mol. The van der Waals surface area contributed by atoms with Gasteiger partial charge in [-0.25, -0.2) is 4.79 Å². The monoisotopic (exact) mass is 204 g/mol. The first-order valence-corrected chi connectivity index (χ1v) is 4.91. The minimum atomic E-state index is -0.376. The predicted octanol–water partition coefficient (Wildman–Crippen LogP) is 2.20. The summed E-state index contributed by atoms with van der Waals surface area (Å²) in [6.07, 6.45) is 1.03. The number of carbonyl (C=O) groups is 1. The number of rotatable bonds is 3. The number of hydrogen-bond acceptors (Lipinski definition) is 3. The van der Waals surface area contributed by atoms with Gasteiger partial charge in [-0.15, -0.1) is 0 Å². The quantitative estimate of drug-likeness (QED) is 0.708. The Labute approximate surface area is 88.3 Å². The van der Waals surface area contributed by atoms with Crippen LogP contribution < -0.4 is 0 Å². The van der Waals surface area contributed by atoms with Gasteiger partial charge in [-0.3, -0.25) is 0 Å². The van der Waals surface area contributed by atoms with E-state index >= 15 is 0 Å². The largest absolute Gasteiger partial charge is 0.494 e. The van der Waals surface area contributed by atoms with Crippen molar-refractivity contribution in [3.05, 3.63) is 47.7 Å². The maximum atomic E-state index is 11.1. The van der Waals surface area contributed by atoms with Crippen molar-refractivity contribution in [2.45, 2.75) is 13.0 Å². The lowest BCUT2D eigenvalue weighted by Gasteiger charge is -2.14. The van der Waals surface area contributed by atoms with Crippen molar-refractivity contribution in [2.24, 2.45) is 0 Å². The first-order chi connectivity index (χ1) is 7.31. The molecule has 2 rings (SSSR count). The molecule has 0 aromatic heterocycles. The fourth-order valence-corrected chi connectivity index (χ4v) is 1.54. The number of ether oxygens (including phenoxy) is 2. The molecule has 0 fully saturated rings. The van der Waals surface area contributed by atoms with Crippen molar-refractivity contribution in [2.75, 3.05) is 6.61 Å². The van der Waals surface area contributed by atoms with Crippen LogP contribution in [0.5, 0.6) is 0 Å². The van der Waals surface area contributed by atoms with E-state index in [4.69, 9.17) is 9.47 Å². The van der Waals surface area contributed by atoms with E-state index in [9.17, 15) is 4.79 Å². The molecule has 0 saturated carbocycles. The highest BCUT2D eigenvalue weighted by atomic mass is 16.6. The fraction of sp³-hybridized carbons (Fsp3) is 0.250. The molecule has 0 N–H and O–H groups in total. The smallest absolute Gasteiger partial charge is 0.335 e. The van der Waals surface area contributed by atoms with Crippen LogP contribution in [0, 0.1) is 0 Å². The fourth-order valence-electron chi connectivity index (χ4n) is 1.54. The van der Waals surface area contributed by atoms with Crippen LogP contribution in [0.15, 0.2) is 42.2 Å². The summed E-state index contributed by atoms with van der Waals surface area (Å²) in [7, 11) is 0. The summed E-state index contributed by atoms with van der Waals surface area (Å²) in [4.78, 5) is 11.1. The van der Waals surface area contributed by atoms with Crippen molar-refractivity contribution in [3.8, 4) is 0 Å². The minimum Gasteiger partial charge on any atom is -0.494 e. The number of cyclic esters (lactones) is 1. The first kappa shape index (κ1) is 9.77. The third-order valence-corrected chi connectivity index (χ3v) is 2.17. The summed E-state index contributed by atoms with van der Waals surface area (Å²) >= 11 is 0. The molecule has 0 saturated heterocycles. The van der Waals surface area contributed by atoms with Crippen LogP contribution in [0.3, 0.4) is 0 Å². The highest BCUT2D eigenvalue weighted by Gasteiger charge is 2.28. The second kappa shape index (κ2) is 4.17. The molecule has 0 bridgehead atoms. The Bertz CT molecular complexity index is 381. The summed E-state index contributed by atoms with van der Waals surface area (Å²) in [6, 6.07) is 9.56. The van der Waals surface area contributed by atoms with E-state index in [2.05, 4.69) is 0 Å². The molecule has 0 spiro atoms. The molecule has 78 valence electrons. The summed E-state index contributed by atoms with van der Waals surface area (Å²) in [6.45, 7) is 2.41. The maximum Gasteiger partial charge on any atom is 0.335 e. The topological polar surface area (TPSA) is 35.5 Å². The zero-order valence-electron chi connectivity index (χ0n) is 8.47. The van der Waals surface area contributed by atoms with E-state index in [-0.39, 0.29) is 12.1 Å². The normalized spacial score (nSPS) is 19.7. The number of benzene rings is 1. The standard InChI is InChI=1S/C12H12O3/c1-2-14-10-8-11(13)15-12(10)9-6-4-3-5-7-9/h3-8,12H,2H2,1H3/t12-/m0/s1. The highest BCUT2D eigenvalue weighted by Crippen LogP contribution is 2.31. The Morgan fingerprint density at radius 1 is 1.33 bits per heavy atom. The van der Waals surface area contributed by atoms with Crippen molar-refractivity contribution in [3.63, 3.8) is 0 Å². The molecule has 1 aromatic carbocycles. The van der Waals surface area contributed by atoms with E-state index < -0.39 is 0 Å². The molecule has 1 aliphatic rings. The van der Waals surface area contributed by atoms with E-state index in [0.717, 1.165) is 5.56 Å². The first-order valence-electron chi connectivity index (χ1n) is 4.91. The van der Waals surface area contributed by atoms with Gasteiger partial charge in [0.15, 0.2) is 6.10 Å². The summed E-state index contributed by atoms with van der Waals surface area (Å²) in [5, 5.41) is 0. The molecule has 1 aromatic rings. The van der Waals surface area contributed by atoms with Gasteiger partial charge in [-0.05, 0) is 6.92 Å². The number of hydrogen-bond donors (Lipinski definition) is 0. The van der Waals surface area contributed by atoms with Gasteiger partial charge < -0.3 is 9.47 Å². The SMILES string of the molecule is CCOC1=CC(=O)O[C@H]1c1ccccc1. The minimum absolute atomic E-state index is 0.340. The Balaban J connectivity index is 2.23.